The lowest BCUT2D eigenvalue weighted by atomic mass is 10.1. The second-order valence-corrected chi connectivity index (χ2v) is 2.96. The fourth-order valence-corrected chi connectivity index (χ4v) is 1.14. The molecule has 0 aliphatic carbocycles. The van der Waals surface area contributed by atoms with E-state index in [4.69, 9.17) is 10.00 Å². The van der Waals surface area contributed by atoms with Crippen molar-refractivity contribution in [1.29, 1.82) is 5.26 Å². The molecule has 2 atom stereocenters. The van der Waals surface area contributed by atoms with Crippen LogP contribution in [0.3, 0.4) is 0 Å². The van der Waals surface area contributed by atoms with Crippen LogP contribution in [0.1, 0.15) is 25.5 Å². The fraction of sp³-hybridized carbons (Fsp3) is 0.364. The summed E-state index contributed by atoms with van der Waals surface area (Å²) in [6, 6.07) is 11.9. The zero-order valence-corrected chi connectivity index (χ0v) is 7.90. The number of benzene rings is 1. The first-order valence-corrected chi connectivity index (χ1v) is 4.34. The molecule has 0 aliphatic rings. The van der Waals surface area contributed by atoms with Crippen LogP contribution in [0.15, 0.2) is 30.3 Å². The van der Waals surface area contributed by atoms with Crippen LogP contribution in [0.25, 0.3) is 0 Å². The molecular formula is C11H13NO. The summed E-state index contributed by atoms with van der Waals surface area (Å²) in [5, 5.41) is 8.56. The van der Waals surface area contributed by atoms with E-state index in [0.717, 1.165) is 5.56 Å². The number of hydrogen-bond acceptors (Lipinski definition) is 2. The zero-order chi connectivity index (χ0) is 9.68. The van der Waals surface area contributed by atoms with E-state index in [-0.39, 0.29) is 12.2 Å². The SMILES string of the molecule is CC(C#N)OC(C)c1ccccc1. The minimum Gasteiger partial charge on any atom is -0.356 e. The third-order valence-corrected chi connectivity index (χ3v) is 1.86. The van der Waals surface area contributed by atoms with Gasteiger partial charge in [0.25, 0.3) is 0 Å². The first kappa shape index (κ1) is 9.76. The summed E-state index contributed by atoms with van der Waals surface area (Å²) in [6.45, 7) is 3.70. The van der Waals surface area contributed by atoms with E-state index in [1.54, 1.807) is 6.92 Å². The summed E-state index contributed by atoms with van der Waals surface area (Å²) in [7, 11) is 0. The van der Waals surface area contributed by atoms with Crippen molar-refractivity contribution < 1.29 is 4.74 Å². The van der Waals surface area contributed by atoms with Crippen LogP contribution >= 0.6 is 0 Å². The van der Waals surface area contributed by atoms with Gasteiger partial charge in [-0.1, -0.05) is 30.3 Å². The van der Waals surface area contributed by atoms with Crippen LogP contribution in [0.5, 0.6) is 0 Å². The maximum Gasteiger partial charge on any atom is 0.142 e. The van der Waals surface area contributed by atoms with Crippen LogP contribution < -0.4 is 0 Å². The number of ether oxygens (including phenoxy) is 1. The van der Waals surface area contributed by atoms with Gasteiger partial charge in [-0.3, -0.25) is 0 Å². The molecule has 0 saturated carbocycles. The minimum absolute atomic E-state index is 0.0177. The lowest BCUT2D eigenvalue weighted by molar-refractivity contribution is 0.0375. The molecule has 2 unspecified atom stereocenters. The van der Waals surface area contributed by atoms with Gasteiger partial charge in [0.1, 0.15) is 6.10 Å². The Labute approximate surface area is 78.8 Å². The molecule has 0 aromatic heterocycles. The number of hydrogen-bond donors (Lipinski definition) is 0. The molecule has 0 amide bonds. The Morgan fingerprint density at radius 3 is 2.38 bits per heavy atom. The summed E-state index contributed by atoms with van der Waals surface area (Å²) in [4.78, 5) is 0. The maximum absolute atomic E-state index is 8.56. The summed E-state index contributed by atoms with van der Waals surface area (Å²) >= 11 is 0. The molecule has 0 saturated heterocycles. The molecule has 0 heterocycles. The maximum atomic E-state index is 8.56. The summed E-state index contributed by atoms with van der Waals surface area (Å²) < 4.78 is 5.42. The molecule has 0 aliphatic heterocycles. The average Bonchev–Trinajstić information content (AvgIpc) is 2.19. The Morgan fingerprint density at radius 2 is 1.85 bits per heavy atom. The molecule has 2 nitrogen and oxygen atoms in total. The van der Waals surface area contributed by atoms with Crippen LogP contribution in [0.4, 0.5) is 0 Å². The van der Waals surface area contributed by atoms with E-state index in [1.165, 1.54) is 0 Å². The van der Waals surface area contributed by atoms with Gasteiger partial charge in [0.15, 0.2) is 0 Å². The van der Waals surface area contributed by atoms with E-state index in [2.05, 4.69) is 0 Å². The average molecular weight is 175 g/mol. The summed E-state index contributed by atoms with van der Waals surface area (Å²) in [6.07, 6.45) is -0.369. The second kappa shape index (κ2) is 4.64. The Kier molecular flexibility index (Phi) is 3.48. The largest absolute Gasteiger partial charge is 0.356 e. The highest BCUT2D eigenvalue weighted by molar-refractivity contribution is 5.16. The monoisotopic (exact) mass is 175 g/mol. The molecule has 68 valence electrons. The molecule has 1 aromatic carbocycles. The third kappa shape index (κ3) is 2.89. The van der Waals surface area contributed by atoms with Gasteiger partial charge in [-0.05, 0) is 19.4 Å². The summed E-state index contributed by atoms with van der Waals surface area (Å²) in [5.74, 6) is 0. The molecule has 1 aromatic rings. The van der Waals surface area contributed by atoms with Crippen LogP contribution in [-0.2, 0) is 4.74 Å². The Morgan fingerprint density at radius 1 is 1.23 bits per heavy atom. The van der Waals surface area contributed by atoms with Crippen molar-refractivity contribution in [2.45, 2.75) is 26.1 Å². The van der Waals surface area contributed by atoms with E-state index >= 15 is 0 Å². The molecule has 0 radical (unpaired) electrons. The highest BCUT2D eigenvalue weighted by atomic mass is 16.5. The zero-order valence-electron chi connectivity index (χ0n) is 7.90. The van der Waals surface area contributed by atoms with Gasteiger partial charge in [0.2, 0.25) is 0 Å². The van der Waals surface area contributed by atoms with Crippen molar-refractivity contribution in [3.63, 3.8) is 0 Å². The van der Waals surface area contributed by atoms with Gasteiger partial charge in [-0.25, -0.2) is 0 Å². The van der Waals surface area contributed by atoms with Gasteiger partial charge < -0.3 is 4.74 Å². The van der Waals surface area contributed by atoms with E-state index in [9.17, 15) is 0 Å². The second-order valence-electron chi connectivity index (χ2n) is 2.96. The van der Waals surface area contributed by atoms with E-state index in [0.29, 0.717) is 0 Å². The lowest BCUT2D eigenvalue weighted by Crippen LogP contribution is -2.08. The van der Waals surface area contributed by atoms with E-state index < -0.39 is 0 Å². The van der Waals surface area contributed by atoms with Crippen molar-refractivity contribution in [3.05, 3.63) is 35.9 Å². The van der Waals surface area contributed by atoms with Gasteiger partial charge in [-0.15, -0.1) is 0 Å². The van der Waals surface area contributed by atoms with Crippen molar-refractivity contribution in [2.75, 3.05) is 0 Å². The topological polar surface area (TPSA) is 33.0 Å². The van der Waals surface area contributed by atoms with Crippen molar-refractivity contribution in [2.24, 2.45) is 0 Å². The predicted molar refractivity (Wildman–Crippen MR) is 51.0 cm³/mol. The Bertz CT molecular complexity index is 289. The molecule has 0 fully saturated rings. The molecule has 0 bridgehead atoms. The lowest BCUT2D eigenvalue weighted by Gasteiger charge is -2.14. The smallest absolute Gasteiger partial charge is 0.142 e. The number of nitrogens with zero attached hydrogens (tertiary/aromatic N) is 1. The molecule has 0 N–H and O–H groups in total. The van der Waals surface area contributed by atoms with Gasteiger partial charge in [0, 0.05) is 0 Å². The highest BCUT2D eigenvalue weighted by Crippen LogP contribution is 2.17. The predicted octanol–water partition coefficient (Wildman–Crippen LogP) is 2.68. The number of nitriles is 1. The first-order chi connectivity index (χ1) is 6.24. The van der Waals surface area contributed by atoms with Gasteiger partial charge >= 0.3 is 0 Å². The Hall–Kier alpha value is -1.33. The van der Waals surface area contributed by atoms with Crippen molar-refractivity contribution in [1.82, 2.24) is 0 Å². The quantitative estimate of drug-likeness (QED) is 0.707. The van der Waals surface area contributed by atoms with Crippen LogP contribution in [0, 0.1) is 11.3 Å². The molecule has 1 rings (SSSR count). The Balaban J connectivity index is 2.60. The standard InChI is InChI=1S/C11H13NO/c1-9(8-12)13-10(2)11-6-4-3-5-7-11/h3-7,9-10H,1-2H3. The molecule has 13 heavy (non-hydrogen) atoms. The van der Waals surface area contributed by atoms with Crippen molar-refractivity contribution in [3.8, 4) is 6.07 Å². The fourth-order valence-electron chi connectivity index (χ4n) is 1.14. The third-order valence-electron chi connectivity index (χ3n) is 1.86. The van der Waals surface area contributed by atoms with Gasteiger partial charge in [0.05, 0.1) is 12.2 Å². The molecular weight excluding hydrogens is 162 g/mol. The first-order valence-electron chi connectivity index (χ1n) is 4.34. The minimum atomic E-state index is -0.352. The normalized spacial score (nSPS) is 14.5. The van der Waals surface area contributed by atoms with Gasteiger partial charge in [-0.2, -0.15) is 5.26 Å². The van der Waals surface area contributed by atoms with Crippen LogP contribution in [-0.4, -0.2) is 6.10 Å². The van der Waals surface area contributed by atoms with E-state index in [1.807, 2.05) is 43.3 Å². The molecule has 2 heteroatoms. The molecule has 0 spiro atoms. The summed E-state index contributed by atoms with van der Waals surface area (Å²) in [5.41, 5.74) is 1.10. The highest BCUT2D eigenvalue weighted by Gasteiger charge is 2.08. The number of rotatable bonds is 3. The van der Waals surface area contributed by atoms with Crippen molar-refractivity contribution >= 4 is 0 Å². The van der Waals surface area contributed by atoms with Crippen LogP contribution in [0.2, 0.25) is 0 Å².